The lowest BCUT2D eigenvalue weighted by Gasteiger charge is -2.22. The Labute approximate surface area is 202 Å². The summed E-state index contributed by atoms with van der Waals surface area (Å²) < 4.78 is 43.8. The molecule has 4 rings (SSSR count). The standard InChI is InChI=1S/C27H27F3N2O3/c28-27(29,30)23-8-12-25(13-9-23)35-24-10-4-21(5-11-24)19-32-15-1-14-31(16-17-32)18-20-2-6-22(7-3-20)26(33)34/h2-13H,1,14-19H2,(H,33,34). The first-order chi connectivity index (χ1) is 16.8. The van der Waals surface area contributed by atoms with Gasteiger partial charge in [-0.05, 0) is 79.2 Å². The Bertz CT molecular complexity index is 1110. The molecular formula is C27H27F3N2O3. The van der Waals surface area contributed by atoms with E-state index in [4.69, 9.17) is 9.84 Å². The van der Waals surface area contributed by atoms with E-state index in [-0.39, 0.29) is 0 Å². The molecule has 1 heterocycles. The average Bonchev–Trinajstić information content (AvgIpc) is 3.05. The minimum Gasteiger partial charge on any atom is -0.478 e. The topological polar surface area (TPSA) is 53.0 Å². The van der Waals surface area contributed by atoms with Crippen molar-refractivity contribution in [3.05, 3.63) is 95.1 Å². The molecule has 184 valence electrons. The van der Waals surface area contributed by atoms with Crippen LogP contribution >= 0.6 is 0 Å². The van der Waals surface area contributed by atoms with Crippen LogP contribution in [0.2, 0.25) is 0 Å². The lowest BCUT2D eigenvalue weighted by molar-refractivity contribution is -0.137. The highest BCUT2D eigenvalue weighted by Crippen LogP contribution is 2.31. The highest BCUT2D eigenvalue weighted by Gasteiger charge is 2.30. The number of carboxylic acid groups (broad SMARTS) is 1. The van der Waals surface area contributed by atoms with Gasteiger partial charge in [0.25, 0.3) is 0 Å². The van der Waals surface area contributed by atoms with Crippen molar-refractivity contribution in [1.29, 1.82) is 0 Å². The molecule has 1 N–H and O–H groups in total. The lowest BCUT2D eigenvalue weighted by atomic mass is 10.1. The molecule has 1 saturated heterocycles. The van der Waals surface area contributed by atoms with E-state index in [1.54, 1.807) is 12.1 Å². The molecule has 1 aliphatic rings. The van der Waals surface area contributed by atoms with E-state index in [0.29, 0.717) is 17.1 Å². The summed E-state index contributed by atoms with van der Waals surface area (Å²) in [6.45, 7) is 5.42. The maximum absolute atomic E-state index is 12.7. The van der Waals surface area contributed by atoms with Crippen molar-refractivity contribution in [2.75, 3.05) is 26.2 Å². The lowest BCUT2D eigenvalue weighted by Crippen LogP contribution is -2.30. The average molecular weight is 485 g/mol. The zero-order chi connectivity index (χ0) is 24.8. The summed E-state index contributed by atoms with van der Waals surface area (Å²) in [6.07, 6.45) is -3.32. The number of hydrogen-bond acceptors (Lipinski definition) is 4. The number of carboxylic acids is 1. The number of carbonyl (C=O) groups is 1. The first-order valence-electron chi connectivity index (χ1n) is 11.5. The Hall–Kier alpha value is -3.36. The fourth-order valence-electron chi connectivity index (χ4n) is 4.12. The number of alkyl halides is 3. The number of benzene rings is 3. The molecule has 3 aromatic carbocycles. The summed E-state index contributed by atoms with van der Waals surface area (Å²) in [4.78, 5) is 15.8. The van der Waals surface area contributed by atoms with Crippen LogP contribution in [0.1, 0.15) is 33.5 Å². The normalized spacial score (nSPS) is 15.5. The smallest absolute Gasteiger partial charge is 0.416 e. The van der Waals surface area contributed by atoms with Crippen molar-refractivity contribution < 1.29 is 27.8 Å². The first-order valence-corrected chi connectivity index (χ1v) is 11.5. The van der Waals surface area contributed by atoms with Gasteiger partial charge in [0.1, 0.15) is 11.5 Å². The number of ether oxygens (including phenoxy) is 1. The van der Waals surface area contributed by atoms with Crippen LogP contribution in [-0.2, 0) is 19.3 Å². The first kappa shape index (κ1) is 24.8. The molecule has 0 aromatic heterocycles. The Morgan fingerprint density at radius 3 is 1.66 bits per heavy atom. The van der Waals surface area contributed by atoms with Crippen LogP contribution in [0.4, 0.5) is 13.2 Å². The molecule has 0 spiro atoms. The van der Waals surface area contributed by atoms with Crippen LogP contribution in [0, 0.1) is 0 Å². The van der Waals surface area contributed by atoms with Gasteiger partial charge in [-0.25, -0.2) is 4.79 Å². The maximum atomic E-state index is 12.7. The van der Waals surface area contributed by atoms with Crippen LogP contribution in [0.3, 0.4) is 0 Å². The Morgan fingerprint density at radius 1 is 0.743 bits per heavy atom. The second-order valence-corrected chi connectivity index (χ2v) is 8.68. The number of aromatic carboxylic acids is 1. The SMILES string of the molecule is O=C(O)c1ccc(CN2CCCN(Cc3ccc(Oc4ccc(C(F)(F)F)cc4)cc3)CC2)cc1. The molecule has 1 fully saturated rings. The van der Waals surface area contributed by atoms with Gasteiger partial charge < -0.3 is 9.84 Å². The van der Waals surface area contributed by atoms with Crippen molar-refractivity contribution in [3.63, 3.8) is 0 Å². The molecule has 35 heavy (non-hydrogen) atoms. The van der Waals surface area contributed by atoms with Crippen molar-refractivity contribution in [2.24, 2.45) is 0 Å². The zero-order valence-corrected chi connectivity index (χ0v) is 19.2. The molecule has 8 heteroatoms. The van der Waals surface area contributed by atoms with Gasteiger partial charge in [0.05, 0.1) is 11.1 Å². The third-order valence-corrected chi connectivity index (χ3v) is 6.04. The van der Waals surface area contributed by atoms with Gasteiger partial charge in [0, 0.05) is 26.2 Å². The third kappa shape index (κ3) is 7.07. The molecule has 0 saturated carbocycles. The van der Waals surface area contributed by atoms with Gasteiger partial charge in [-0.2, -0.15) is 13.2 Å². The molecular weight excluding hydrogens is 457 g/mol. The van der Waals surface area contributed by atoms with Gasteiger partial charge in [0.15, 0.2) is 0 Å². The Kier molecular flexibility index (Phi) is 7.73. The molecule has 0 radical (unpaired) electrons. The van der Waals surface area contributed by atoms with Crippen LogP contribution in [0.15, 0.2) is 72.8 Å². The van der Waals surface area contributed by atoms with E-state index >= 15 is 0 Å². The molecule has 0 amide bonds. The predicted octanol–water partition coefficient (Wildman–Crippen LogP) is 5.90. The predicted molar refractivity (Wildman–Crippen MR) is 127 cm³/mol. The Balaban J connectivity index is 1.27. The molecule has 0 aliphatic carbocycles. The summed E-state index contributed by atoms with van der Waals surface area (Å²) in [6, 6.07) is 19.3. The number of halogens is 3. The number of rotatable bonds is 7. The van der Waals surface area contributed by atoms with Crippen molar-refractivity contribution >= 4 is 5.97 Å². The fraction of sp³-hybridized carbons (Fsp3) is 0.296. The van der Waals surface area contributed by atoms with Gasteiger partial charge in [-0.15, -0.1) is 0 Å². The quantitative estimate of drug-likeness (QED) is 0.452. The second kappa shape index (κ2) is 10.9. The minimum atomic E-state index is -4.36. The van der Waals surface area contributed by atoms with E-state index in [9.17, 15) is 18.0 Å². The van der Waals surface area contributed by atoms with E-state index in [1.807, 2.05) is 36.4 Å². The van der Waals surface area contributed by atoms with Gasteiger partial charge in [-0.3, -0.25) is 9.80 Å². The van der Waals surface area contributed by atoms with E-state index in [2.05, 4.69) is 9.80 Å². The van der Waals surface area contributed by atoms with Crippen LogP contribution < -0.4 is 4.74 Å². The summed E-state index contributed by atoms with van der Waals surface area (Å²) in [7, 11) is 0. The van der Waals surface area contributed by atoms with Crippen molar-refractivity contribution in [1.82, 2.24) is 9.80 Å². The zero-order valence-electron chi connectivity index (χ0n) is 19.2. The molecule has 1 aliphatic heterocycles. The largest absolute Gasteiger partial charge is 0.478 e. The summed E-state index contributed by atoms with van der Waals surface area (Å²) in [5.74, 6) is 0.0153. The Morgan fingerprint density at radius 2 is 1.20 bits per heavy atom. The second-order valence-electron chi connectivity index (χ2n) is 8.68. The maximum Gasteiger partial charge on any atom is 0.416 e. The molecule has 0 atom stereocenters. The number of nitrogens with zero attached hydrogens (tertiary/aromatic N) is 2. The van der Waals surface area contributed by atoms with E-state index in [0.717, 1.165) is 68.9 Å². The molecule has 0 bridgehead atoms. The van der Waals surface area contributed by atoms with Crippen molar-refractivity contribution in [2.45, 2.75) is 25.7 Å². The van der Waals surface area contributed by atoms with Crippen LogP contribution in [0.5, 0.6) is 11.5 Å². The van der Waals surface area contributed by atoms with Crippen molar-refractivity contribution in [3.8, 4) is 11.5 Å². The number of hydrogen-bond donors (Lipinski definition) is 1. The molecule has 3 aromatic rings. The highest BCUT2D eigenvalue weighted by molar-refractivity contribution is 5.87. The van der Waals surface area contributed by atoms with E-state index < -0.39 is 17.7 Å². The fourth-order valence-corrected chi connectivity index (χ4v) is 4.12. The van der Waals surface area contributed by atoms with Gasteiger partial charge in [0.2, 0.25) is 0 Å². The monoisotopic (exact) mass is 484 g/mol. The minimum absolute atomic E-state index is 0.298. The van der Waals surface area contributed by atoms with E-state index in [1.165, 1.54) is 12.1 Å². The highest BCUT2D eigenvalue weighted by atomic mass is 19.4. The van der Waals surface area contributed by atoms with Crippen LogP contribution in [0.25, 0.3) is 0 Å². The van der Waals surface area contributed by atoms with Gasteiger partial charge in [-0.1, -0.05) is 24.3 Å². The summed E-state index contributed by atoms with van der Waals surface area (Å²) >= 11 is 0. The summed E-state index contributed by atoms with van der Waals surface area (Å²) in [5, 5.41) is 9.04. The summed E-state index contributed by atoms with van der Waals surface area (Å²) in [5.41, 5.74) is 1.84. The third-order valence-electron chi connectivity index (χ3n) is 6.04. The molecule has 5 nitrogen and oxygen atoms in total. The molecule has 0 unspecified atom stereocenters. The van der Waals surface area contributed by atoms with Gasteiger partial charge >= 0.3 is 12.1 Å². The van der Waals surface area contributed by atoms with Crippen LogP contribution in [-0.4, -0.2) is 47.1 Å².